The molecule has 80 valence electrons. The zero-order valence-corrected chi connectivity index (χ0v) is 8.82. The summed E-state index contributed by atoms with van der Waals surface area (Å²) in [6, 6.07) is 3.22. The predicted molar refractivity (Wildman–Crippen MR) is 55.9 cm³/mol. The van der Waals surface area contributed by atoms with Crippen molar-refractivity contribution in [3.63, 3.8) is 0 Å². The van der Waals surface area contributed by atoms with Crippen LogP contribution in [-0.2, 0) is 11.2 Å². The molecule has 1 aromatic rings. The summed E-state index contributed by atoms with van der Waals surface area (Å²) in [5.74, 6) is 0.681. The number of Topliss-reactive ketones (excluding diaryl/α,β-unsaturated/α-hetero) is 1. The van der Waals surface area contributed by atoms with Gasteiger partial charge >= 0.3 is 0 Å². The normalized spacial score (nSPS) is 16.1. The number of hydrogen-bond acceptors (Lipinski definition) is 2. The SMILES string of the molecule is O=C(Cc1cc(F)ccc1F)C1CSC1. The second-order valence-electron chi connectivity index (χ2n) is 3.61. The van der Waals surface area contributed by atoms with E-state index < -0.39 is 11.6 Å². The van der Waals surface area contributed by atoms with Crippen LogP contribution in [0, 0.1) is 17.6 Å². The smallest absolute Gasteiger partial charge is 0.142 e. The van der Waals surface area contributed by atoms with Gasteiger partial charge in [-0.1, -0.05) is 0 Å². The molecule has 1 nitrogen and oxygen atoms in total. The molecule has 2 rings (SSSR count). The van der Waals surface area contributed by atoms with E-state index in [1.807, 2.05) is 0 Å². The number of benzene rings is 1. The van der Waals surface area contributed by atoms with Gasteiger partial charge in [0.15, 0.2) is 0 Å². The lowest BCUT2D eigenvalue weighted by Gasteiger charge is -2.23. The van der Waals surface area contributed by atoms with Crippen LogP contribution in [0.4, 0.5) is 8.78 Å². The number of hydrogen-bond donors (Lipinski definition) is 0. The first-order valence-corrected chi connectivity index (χ1v) is 5.86. The highest BCUT2D eigenvalue weighted by Crippen LogP contribution is 2.26. The third-order valence-electron chi connectivity index (χ3n) is 2.47. The van der Waals surface area contributed by atoms with E-state index in [-0.39, 0.29) is 23.7 Å². The topological polar surface area (TPSA) is 17.1 Å². The molecule has 0 N–H and O–H groups in total. The molecule has 0 unspecified atom stereocenters. The molecule has 1 aromatic carbocycles. The summed E-state index contributed by atoms with van der Waals surface area (Å²) in [6.45, 7) is 0. The van der Waals surface area contributed by atoms with Crippen molar-refractivity contribution in [2.45, 2.75) is 6.42 Å². The first-order chi connectivity index (χ1) is 7.16. The Hall–Kier alpha value is -0.900. The summed E-state index contributed by atoms with van der Waals surface area (Å²) < 4.78 is 26.0. The lowest BCUT2D eigenvalue weighted by Crippen LogP contribution is -2.29. The molecule has 0 radical (unpaired) electrons. The zero-order chi connectivity index (χ0) is 10.8. The van der Waals surface area contributed by atoms with Crippen LogP contribution in [0.2, 0.25) is 0 Å². The Labute approximate surface area is 90.9 Å². The van der Waals surface area contributed by atoms with Gasteiger partial charge in [0.2, 0.25) is 0 Å². The second-order valence-corrected chi connectivity index (χ2v) is 4.69. The summed E-state index contributed by atoms with van der Waals surface area (Å²) in [5, 5.41) is 0. The third-order valence-corrected chi connectivity index (χ3v) is 3.74. The fourth-order valence-corrected chi connectivity index (χ4v) is 2.28. The Morgan fingerprint density at radius 3 is 2.73 bits per heavy atom. The van der Waals surface area contributed by atoms with Crippen LogP contribution in [0.5, 0.6) is 0 Å². The maximum absolute atomic E-state index is 13.2. The van der Waals surface area contributed by atoms with Crippen LogP contribution >= 0.6 is 11.8 Å². The van der Waals surface area contributed by atoms with E-state index in [0.717, 1.165) is 29.7 Å². The molecule has 4 heteroatoms. The number of carbonyl (C=O) groups is 1. The van der Waals surface area contributed by atoms with E-state index in [4.69, 9.17) is 0 Å². The minimum Gasteiger partial charge on any atom is -0.299 e. The number of ketones is 1. The van der Waals surface area contributed by atoms with Crippen LogP contribution in [0.25, 0.3) is 0 Å². The van der Waals surface area contributed by atoms with Crippen molar-refractivity contribution in [3.8, 4) is 0 Å². The number of halogens is 2. The fraction of sp³-hybridized carbons (Fsp3) is 0.364. The average Bonchev–Trinajstić information content (AvgIpc) is 2.08. The van der Waals surface area contributed by atoms with E-state index in [1.54, 1.807) is 11.8 Å². The van der Waals surface area contributed by atoms with Crippen LogP contribution in [-0.4, -0.2) is 17.3 Å². The Morgan fingerprint density at radius 2 is 2.13 bits per heavy atom. The maximum Gasteiger partial charge on any atom is 0.142 e. The number of rotatable bonds is 3. The van der Waals surface area contributed by atoms with Gasteiger partial charge in [-0.2, -0.15) is 11.8 Å². The number of thioether (sulfide) groups is 1. The van der Waals surface area contributed by atoms with Crippen molar-refractivity contribution < 1.29 is 13.6 Å². The molecule has 0 saturated carbocycles. The molecule has 0 amide bonds. The highest BCUT2D eigenvalue weighted by atomic mass is 32.2. The van der Waals surface area contributed by atoms with Crippen molar-refractivity contribution in [1.82, 2.24) is 0 Å². The molecule has 1 saturated heterocycles. The largest absolute Gasteiger partial charge is 0.299 e. The predicted octanol–water partition coefficient (Wildman–Crippen LogP) is 2.44. The fourth-order valence-electron chi connectivity index (χ4n) is 1.43. The van der Waals surface area contributed by atoms with Gasteiger partial charge in [-0.3, -0.25) is 4.79 Å². The molecule has 1 fully saturated rings. The van der Waals surface area contributed by atoms with Crippen molar-refractivity contribution in [2.75, 3.05) is 11.5 Å². The van der Waals surface area contributed by atoms with Gasteiger partial charge in [0, 0.05) is 23.8 Å². The monoisotopic (exact) mass is 228 g/mol. The first-order valence-electron chi connectivity index (χ1n) is 4.71. The summed E-state index contributed by atoms with van der Waals surface area (Å²) >= 11 is 1.70. The van der Waals surface area contributed by atoms with Gasteiger partial charge in [0.25, 0.3) is 0 Å². The summed E-state index contributed by atoms with van der Waals surface area (Å²) in [4.78, 5) is 11.6. The molecule has 1 aliphatic rings. The molecule has 0 atom stereocenters. The summed E-state index contributed by atoms with van der Waals surface area (Å²) in [7, 11) is 0. The molecule has 0 bridgehead atoms. The highest BCUT2D eigenvalue weighted by molar-refractivity contribution is 8.00. The van der Waals surface area contributed by atoms with Crippen LogP contribution < -0.4 is 0 Å². The van der Waals surface area contributed by atoms with Gasteiger partial charge in [-0.25, -0.2) is 8.78 Å². The quantitative estimate of drug-likeness (QED) is 0.790. The lowest BCUT2D eigenvalue weighted by molar-refractivity contribution is -0.121. The molecular formula is C11H10F2OS. The average molecular weight is 228 g/mol. The molecule has 0 aromatic heterocycles. The van der Waals surface area contributed by atoms with Crippen molar-refractivity contribution in [3.05, 3.63) is 35.4 Å². The summed E-state index contributed by atoms with van der Waals surface area (Å²) in [6.07, 6.45) is 0.00875. The van der Waals surface area contributed by atoms with Crippen LogP contribution in [0.15, 0.2) is 18.2 Å². The Balaban J connectivity index is 2.09. The molecular weight excluding hydrogens is 218 g/mol. The van der Waals surface area contributed by atoms with Crippen molar-refractivity contribution in [1.29, 1.82) is 0 Å². The Morgan fingerprint density at radius 1 is 1.40 bits per heavy atom. The highest BCUT2D eigenvalue weighted by Gasteiger charge is 2.26. The minimum absolute atomic E-state index is 0.00875. The van der Waals surface area contributed by atoms with Crippen molar-refractivity contribution in [2.24, 2.45) is 5.92 Å². The third kappa shape index (κ3) is 2.37. The Kier molecular flexibility index (Phi) is 3.05. The van der Waals surface area contributed by atoms with Crippen LogP contribution in [0.1, 0.15) is 5.56 Å². The van der Waals surface area contributed by atoms with Crippen molar-refractivity contribution >= 4 is 17.5 Å². The first kappa shape index (κ1) is 10.6. The standard InChI is InChI=1S/C11H10F2OS/c12-9-1-2-10(13)7(3-9)4-11(14)8-5-15-6-8/h1-3,8H,4-6H2. The molecule has 1 aliphatic heterocycles. The van der Waals surface area contributed by atoms with Gasteiger partial charge in [0.1, 0.15) is 17.4 Å². The van der Waals surface area contributed by atoms with E-state index in [0.29, 0.717) is 0 Å². The Bertz CT molecular complexity index is 388. The summed E-state index contributed by atoms with van der Waals surface area (Å²) in [5.41, 5.74) is 0.164. The molecule has 15 heavy (non-hydrogen) atoms. The second kappa shape index (κ2) is 4.31. The maximum atomic E-state index is 13.2. The van der Waals surface area contributed by atoms with Crippen LogP contribution in [0.3, 0.4) is 0 Å². The van der Waals surface area contributed by atoms with Gasteiger partial charge in [0.05, 0.1) is 0 Å². The molecule has 0 aliphatic carbocycles. The zero-order valence-electron chi connectivity index (χ0n) is 8.00. The number of carbonyl (C=O) groups excluding carboxylic acids is 1. The van der Waals surface area contributed by atoms with E-state index in [2.05, 4.69) is 0 Å². The van der Waals surface area contributed by atoms with Gasteiger partial charge in [-0.05, 0) is 23.8 Å². The van der Waals surface area contributed by atoms with E-state index >= 15 is 0 Å². The van der Waals surface area contributed by atoms with Gasteiger partial charge in [-0.15, -0.1) is 0 Å². The van der Waals surface area contributed by atoms with E-state index in [9.17, 15) is 13.6 Å². The lowest BCUT2D eigenvalue weighted by atomic mass is 10.00. The van der Waals surface area contributed by atoms with E-state index in [1.165, 1.54) is 0 Å². The molecule has 1 heterocycles. The van der Waals surface area contributed by atoms with Gasteiger partial charge < -0.3 is 0 Å². The minimum atomic E-state index is -0.503. The molecule has 0 spiro atoms.